The van der Waals surface area contributed by atoms with Crippen molar-refractivity contribution >= 4 is 11.9 Å². The van der Waals surface area contributed by atoms with Gasteiger partial charge in [0.25, 0.3) is 5.91 Å². The van der Waals surface area contributed by atoms with E-state index in [0.717, 1.165) is 12.1 Å². The van der Waals surface area contributed by atoms with Crippen LogP contribution in [-0.4, -0.2) is 41.7 Å². The molecule has 0 aromatic carbocycles. The van der Waals surface area contributed by atoms with Crippen LogP contribution in [-0.2, 0) is 15.7 Å². The zero-order valence-electron chi connectivity index (χ0n) is 13.6. The molecule has 1 aliphatic heterocycles. The van der Waals surface area contributed by atoms with Gasteiger partial charge in [-0.3, -0.25) is 9.59 Å². The van der Waals surface area contributed by atoms with E-state index >= 15 is 0 Å². The number of hydrogen-bond acceptors (Lipinski definition) is 4. The summed E-state index contributed by atoms with van der Waals surface area (Å²) in [7, 11) is 0. The summed E-state index contributed by atoms with van der Waals surface area (Å²) in [4.78, 5) is 27.0. The van der Waals surface area contributed by atoms with Gasteiger partial charge in [-0.05, 0) is 37.8 Å². The number of nitrogens with zero attached hydrogens (tertiary/aromatic N) is 1. The van der Waals surface area contributed by atoms with E-state index in [-0.39, 0.29) is 23.7 Å². The second-order valence-corrected chi connectivity index (χ2v) is 5.93. The second kappa shape index (κ2) is 7.81. The molecule has 138 valence electrons. The molecule has 9 heteroatoms. The fourth-order valence-corrected chi connectivity index (χ4v) is 2.83. The number of hydrogen-bond donors (Lipinski definition) is 2. The molecule has 0 bridgehead atoms. The quantitative estimate of drug-likeness (QED) is 0.841. The third kappa shape index (κ3) is 4.91. The molecule has 6 nitrogen and oxygen atoms in total. The summed E-state index contributed by atoms with van der Waals surface area (Å²) in [6.45, 7) is 2.16. The first-order valence-electron chi connectivity index (χ1n) is 7.83. The van der Waals surface area contributed by atoms with E-state index < -0.39 is 29.7 Å². The number of amides is 1. The Morgan fingerprint density at radius 2 is 2.00 bits per heavy atom. The number of carboxylic acids is 1. The molecule has 1 aromatic heterocycles. The van der Waals surface area contributed by atoms with Crippen molar-refractivity contribution in [2.24, 2.45) is 11.8 Å². The van der Waals surface area contributed by atoms with Crippen LogP contribution in [0.1, 0.15) is 34.6 Å². The minimum atomic E-state index is -4.59. The fourth-order valence-electron chi connectivity index (χ4n) is 2.83. The number of aromatic nitrogens is 1. The number of carbonyl (C=O) groups is 2. The highest BCUT2D eigenvalue weighted by atomic mass is 19.4. The summed E-state index contributed by atoms with van der Waals surface area (Å²) in [5.74, 6) is -2.54. The average Bonchev–Trinajstić information content (AvgIpc) is 2.54. The molecule has 25 heavy (non-hydrogen) atoms. The Labute approximate surface area is 142 Å². The van der Waals surface area contributed by atoms with E-state index in [1.54, 1.807) is 0 Å². The molecular formula is C16H19F3N2O4. The number of ether oxygens (including phenoxy) is 1. The predicted octanol–water partition coefficient (Wildman–Crippen LogP) is 2.27. The fraction of sp³-hybridized carbons (Fsp3) is 0.562. The number of pyridine rings is 1. The molecule has 0 saturated carbocycles. The molecule has 2 N–H and O–H groups in total. The van der Waals surface area contributed by atoms with E-state index in [4.69, 9.17) is 4.74 Å². The zero-order valence-corrected chi connectivity index (χ0v) is 13.6. The van der Waals surface area contributed by atoms with Gasteiger partial charge >= 0.3 is 12.1 Å². The van der Waals surface area contributed by atoms with Crippen LogP contribution < -0.4 is 5.32 Å². The van der Waals surface area contributed by atoms with E-state index in [0.29, 0.717) is 26.1 Å². The first-order chi connectivity index (χ1) is 11.7. The van der Waals surface area contributed by atoms with Crippen LogP contribution in [0.15, 0.2) is 12.1 Å². The number of carbonyl (C=O) groups excluding carboxylic acids is 1. The third-order valence-electron chi connectivity index (χ3n) is 4.26. The molecule has 1 fully saturated rings. The van der Waals surface area contributed by atoms with Gasteiger partial charge < -0.3 is 15.2 Å². The Balaban J connectivity index is 2.04. The van der Waals surface area contributed by atoms with Gasteiger partial charge in [-0.2, -0.15) is 13.2 Å². The van der Waals surface area contributed by atoms with Crippen LogP contribution in [0.2, 0.25) is 0 Å². The molecular weight excluding hydrogens is 341 g/mol. The topological polar surface area (TPSA) is 88.5 Å². The number of halogens is 3. The first-order valence-corrected chi connectivity index (χ1v) is 7.83. The van der Waals surface area contributed by atoms with Crippen LogP contribution >= 0.6 is 0 Å². The number of nitrogens with one attached hydrogen (secondary N) is 1. The SMILES string of the molecule is Cc1nc(C(F)(F)F)ccc1C(=O)NCC(C(=O)O)C1CCOCC1. The third-order valence-corrected chi connectivity index (χ3v) is 4.26. The van der Waals surface area contributed by atoms with Gasteiger partial charge in [0.15, 0.2) is 0 Å². The molecule has 1 unspecified atom stereocenters. The monoisotopic (exact) mass is 360 g/mol. The Morgan fingerprint density at radius 1 is 1.36 bits per heavy atom. The van der Waals surface area contributed by atoms with Gasteiger partial charge in [0.05, 0.1) is 17.2 Å². The van der Waals surface area contributed by atoms with Crippen LogP contribution in [0.25, 0.3) is 0 Å². The van der Waals surface area contributed by atoms with Gasteiger partial charge in [-0.15, -0.1) is 0 Å². The Bertz CT molecular complexity index is 643. The van der Waals surface area contributed by atoms with Gasteiger partial charge in [0, 0.05) is 19.8 Å². The zero-order chi connectivity index (χ0) is 18.6. The maximum Gasteiger partial charge on any atom is 0.433 e. The highest BCUT2D eigenvalue weighted by Crippen LogP contribution is 2.28. The molecule has 1 saturated heterocycles. The summed E-state index contributed by atoms with van der Waals surface area (Å²) < 4.78 is 43.0. The summed E-state index contributed by atoms with van der Waals surface area (Å²) in [5, 5.41) is 11.9. The van der Waals surface area contributed by atoms with Crippen molar-refractivity contribution in [3.63, 3.8) is 0 Å². The van der Waals surface area contributed by atoms with Crippen molar-refractivity contribution in [3.05, 3.63) is 29.1 Å². The largest absolute Gasteiger partial charge is 0.481 e. The minimum Gasteiger partial charge on any atom is -0.481 e. The van der Waals surface area contributed by atoms with Crippen LogP contribution in [0.4, 0.5) is 13.2 Å². The smallest absolute Gasteiger partial charge is 0.433 e. The number of rotatable bonds is 5. The van der Waals surface area contributed by atoms with E-state index in [1.165, 1.54) is 6.92 Å². The summed E-state index contributed by atoms with van der Waals surface area (Å²) in [5.41, 5.74) is -1.15. The van der Waals surface area contributed by atoms with E-state index in [2.05, 4.69) is 10.3 Å². The summed E-state index contributed by atoms with van der Waals surface area (Å²) >= 11 is 0. The molecule has 1 aliphatic rings. The summed E-state index contributed by atoms with van der Waals surface area (Å²) in [6, 6.07) is 1.78. The van der Waals surface area contributed by atoms with Crippen molar-refractivity contribution in [2.75, 3.05) is 19.8 Å². The maximum atomic E-state index is 12.6. The molecule has 1 amide bonds. The lowest BCUT2D eigenvalue weighted by molar-refractivity contribution is -0.144. The summed E-state index contributed by atoms with van der Waals surface area (Å²) in [6.07, 6.45) is -3.40. The minimum absolute atomic E-state index is 0.0101. The van der Waals surface area contributed by atoms with Gasteiger partial charge in [0.1, 0.15) is 5.69 Å². The lowest BCUT2D eigenvalue weighted by Gasteiger charge is -2.27. The van der Waals surface area contributed by atoms with Crippen molar-refractivity contribution in [3.8, 4) is 0 Å². The Morgan fingerprint density at radius 3 is 2.52 bits per heavy atom. The molecule has 0 aliphatic carbocycles. The number of aryl methyl sites for hydroxylation is 1. The lowest BCUT2D eigenvalue weighted by atomic mass is 9.86. The highest BCUT2D eigenvalue weighted by molar-refractivity contribution is 5.95. The number of carboxylic acid groups (broad SMARTS) is 1. The molecule has 1 aromatic rings. The van der Waals surface area contributed by atoms with Crippen LogP contribution in [0.3, 0.4) is 0 Å². The predicted molar refractivity (Wildman–Crippen MR) is 81.0 cm³/mol. The first kappa shape index (κ1) is 19.2. The van der Waals surface area contributed by atoms with Crippen molar-refractivity contribution < 1.29 is 32.6 Å². The standard InChI is InChI=1S/C16H19F3N2O4/c1-9-11(2-3-13(21-9)16(17,18)19)14(22)20-8-12(15(23)24)10-4-6-25-7-5-10/h2-3,10,12H,4-8H2,1H3,(H,20,22)(H,23,24). The molecule has 0 radical (unpaired) electrons. The molecule has 0 spiro atoms. The number of aliphatic carboxylic acids is 1. The lowest BCUT2D eigenvalue weighted by Crippen LogP contribution is -2.39. The molecule has 2 heterocycles. The van der Waals surface area contributed by atoms with Gasteiger partial charge in [0.2, 0.25) is 0 Å². The van der Waals surface area contributed by atoms with E-state index in [1.807, 2.05) is 0 Å². The van der Waals surface area contributed by atoms with Crippen LogP contribution in [0, 0.1) is 18.8 Å². The maximum absolute atomic E-state index is 12.6. The molecule has 2 rings (SSSR count). The second-order valence-electron chi connectivity index (χ2n) is 5.93. The molecule has 1 atom stereocenters. The van der Waals surface area contributed by atoms with Crippen molar-refractivity contribution in [2.45, 2.75) is 25.9 Å². The average molecular weight is 360 g/mol. The Kier molecular flexibility index (Phi) is 5.99. The van der Waals surface area contributed by atoms with Crippen molar-refractivity contribution in [1.29, 1.82) is 0 Å². The highest BCUT2D eigenvalue weighted by Gasteiger charge is 2.33. The Hall–Kier alpha value is -2.16. The van der Waals surface area contributed by atoms with Gasteiger partial charge in [-0.25, -0.2) is 4.98 Å². The number of alkyl halides is 3. The van der Waals surface area contributed by atoms with Crippen LogP contribution in [0.5, 0.6) is 0 Å². The van der Waals surface area contributed by atoms with Gasteiger partial charge in [-0.1, -0.05) is 0 Å². The van der Waals surface area contributed by atoms with E-state index in [9.17, 15) is 27.9 Å². The van der Waals surface area contributed by atoms with Crippen molar-refractivity contribution in [1.82, 2.24) is 10.3 Å². The normalized spacial score (nSPS) is 17.1.